The summed E-state index contributed by atoms with van der Waals surface area (Å²) in [6, 6.07) is 4.00. The van der Waals surface area contributed by atoms with Crippen molar-refractivity contribution in [1.29, 1.82) is 0 Å². The number of rotatable bonds is 5. The van der Waals surface area contributed by atoms with Crippen LogP contribution in [-0.4, -0.2) is 20.7 Å². The van der Waals surface area contributed by atoms with Crippen molar-refractivity contribution < 1.29 is 4.79 Å². The largest absolute Gasteiger partial charge is 0.350 e. The molecule has 0 saturated carbocycles. The Morgan fingerprint density at radius 1 is 1.67 bits per heavy atom. The van der Waals surface area contributed by atoms with E-state index in [2.05, 4.69) is 10.3 Å². The third-order valence-electron chi connectivity index (χ3n) is 2.45. The average Bonchev–Trinajstić information content (AvgIpc) is 2.99. The zero-order valence-corrected chi connectivity index (χ0v) is 11.9. The number of hydrogen-bond donors (Lipinski definition) is 1. The predicted octanol–water partition coefficient (Wildman–Crippen LogP) is 2.28. The van der Waals surface area contributed by atoms with E-state index in [1.807, 2.05) is 42.2 Å². The van der Waals surface area contributed by atoms with Crippen LogP contribution in [0.25, 0.3) is 0 Å². The molecule has 1 unspecified atom stereocenters. The number of carbonyl (C=O) groups is 1. The Labute approximate surface area is 114 Å². The minimum atomic E-state index is -0.147. The Hall–Kier alpha value is -1.27. The van der Waals surface area contributed by atoms with Gasteiger partial charge in [0, 0.05) is 24.3 Å². The van der Waals surface area contributed by atoms with E-state index < -0.39 is 0 Å². The molecule has 0 fully saturated rings. The first kappa shape index (κ1) is 13.2. The van der Waals surface area contributed by atoms with Gasteiger partial charge < -0.3 is 9.88 Å². The summed E-state index contributed by atoms with van der Waals surface area (Å²) < 4.78 is 1.91. The van der Waals surface area contributed by atoms with Crippen LogP contribution in [0.2, 0.25) is 0 Å². The van der Waals surface area contributed by atoms with Crippen LogP contribution in [0.1, 0.15) is 11.8 Å². The average molecular weight is 281 g/mol. The number of thioether (sulfide) groups is 1. The molecule has 2 rings (SSSR count). The van der Waals surface area contributed by atoms with Crippen LogP contribution in [0.3, 0.4) is 0 Å². The summed E-state index contributed by atoms with van der Waals surface area (Å²) in [6.45, 7) is 2.49. The van der Waals surface area contributed by atoms with Gasteiger partial charge in [-0.15, -0.1) is 11.3 Å². The number of hydrogen-bond acceptors (Lipinski definition) is 4. The van der Waals surface area contributed by atoms with Crippen molar-refractivity contribution in [3.63, 3.8) is 0 Å². The lowest BCUT2D eigenvalue weighted by molar-refractivity contribution is -0.120. The fraction of sp³-hybridized carbons (Fsp3) is 0.333. The molecular formula is C12H15N3OS2. The van der Waals surface area contributed by atoms with Gasteiger partial charge in [-0.1, -0.05) is 17.8 Å². The fourth-order valence-corrected chi connectivity index (χ4v) is 2.91. The monoisotopic (exact) mass is 281 g/mol. The van der Waals surface area contributed by atoms with Crippen molar-refractivity contribution in [2.24, 2.45) is 7.05 Å². The SMILES string of the molecule is CC(Sc1nccn1C)C(=O)NCc1cccs1. The maximum Gasteiger partial charge on any atom is 0.233 e. The molecule has 2 aromatic rings. The smallest absolute Gasteiger partial charge is 0.233 e. The van der Waals surface area contributed by atoms with E-state index in [1.54, 1.807) is 17.5 Å². The first-order chi connectivity index (χ1) is 8.66. The molecule has 6 heteroatoms. The zero-order valence-electron chi connectivity index (χ0n) is 10.3. The molecule has 0 bridgehead atoms. The van der Waals surface area contributed by atoms with Gasteiger partial charge in [0.15, 0.2) is 5.16 Å². The van der Waals surface area contributed by atoms with Crippen LogP contribution in [-0.2, 0) is 18.4 Å². The molecule has 0 aromatic carbocycles. The van der Waals surface area contributed by atoms with Gasteiger partial charge >= 0.3 is 0 Å². The van der Waals surface area contributed by atoms with E-state index in [0.717, 1.165) is 10.0 Å². The molecule has 1 atom stereocenters. The number of imidazole rings is 1. The second kappa shape index (κ2) is 6.06. The highest BCUT2D eigenvalue weighted by atomic mass is 32.2. The lowest BCUT2D eigenvalue weighted by Gasteiger charge is -2.10. The minimum Gasteiger partial charge on any atom is -0.350 e. The zero-order chi connectivity index (χ0) is 13.0. The molecule has 2 aromatic heterocycles. The highest BCUT2D eigenvalue weighted by Crippen LogP contribution is 2.20. The van der Waals surface area contributed by atoms with Gasteiger partial charge in [0.1, 0.15) is 0 Å². The lowest BCUT2D eigenvalue weighted by atomic mass is 10.4. The van der Waals surface area contributed by atoms with E-state index in [4.69, 9.17) is 0 Å². The third kappa shape index (κ3) is 3.36. The summed E-state index contributed by atoms with van der Waals surface area (Å²) in [4.78, 5) is 17.3. The third-order valence-corrected chi connectivity index (χ3v) is 4.49. The summed E-state index contributed by atoms with van der Waals surface area (Å²) in [5.41, 5.74) is 0. The molecule has 4 nitrogen and oxygen atoms in total. The van der Waals surface area contributed by atoms with Crippen molar-refractivity contribution in [2.45, 2.75) is 23.9 Å². The Morgan fingerprint density at radius 3 is 3.11 bits per heavy atom. The normalized spacial score (nSPS) is 12.3. The highest BCUT2D eigenvalue weighted by Gasteiger charge is 2.16. The van der Waals surface area contributed by atoms with E-state index in [-0.39, 0.29) is 11.2 Å². The first-order valence-corrected chi connectivity index (χ1v) is 7.37. The van der Waals surface area contributed by atoms with Crippen molar-refractivity contribution in [3.8, 4) is 0 Å². The second-order valence-electron chi connectivity index (χ2n) is 3.88. The Morgan fingerprint density at radius 2 is 2.50 bits per heavy atom. The number of thiophene rings is 1. The molecule has 0 saturated heterocycles. The van der Waals surface area contributed by atoms with Crippen LogP contribution in [0.5, 0.6) is 0 Å². The standard InChI is InChI=1S/C12H15N3OS2/c1-9(18-12-13-5-6-15(12)2)11(16)14-8-10-4-3-7-17-10/h3-7,9H,8H2,1-2H3,(H,14,16). The second-order valence-corrected chi connectivity index (χ2v) is 6.22. The summed E-state index contributed by atoms with van der Waals surface area (Å²) in [5, 5.41) is 5.65. The molecule has 0 aliphatic rings. The van der Waals surface area contributed by atoms with Crippen molar-refractivity contribution in [2.75, 3.05) is 0 Å². The molecule has 1 N–H and O–H groups in total. The topological polar surface area (TPSA) is 46.9 Å². The minimum absolute atomic E-state index is 0.0383. The van der Waals surface area contributed by atoms with E-state index >= 15 is 0 Å². The van der Waals surface area contributed by atoms with E-state index in [9.17, 15) is 4.79 Å². The maximum absolute atomic E-state index is 11.9. The maximum atomic E-state index is 11.9. The molecule has 0 spiro atoms. The number of nitrogens with zero attached hydrogens (tertiary/aromatic N) is 2. The summed E-state index contributed by atoms with van der Waals surface area (Å²) in [7, 11) is 1.92. The quantitative estimate of drug-likeness (QED) is 0.855. The van der Waals surface area contributed by atoms with Crippen LogP contribution in [0, 0.1) is 0 Å². The van der Waals surface area contributed by atoms with Gasteiger partial charge in [0.2, 0.25) is 5.91 Å². The van der Waals surface area contributed by atoms with Gasteiger partial charge in [-0.2, -0.15) is 0 Å². The number of carbonyl (C=O) groups excluding carboxylic acids is 1. The van der Waals surface area contributed by atoms with Gasteiger partial charge in [-0.3, -0.25) is 4.79 Å². The molecule has 18 heavy (non-hydrogen) atoms. The molecule has 0 aliphatic heterocycles. The van der Waals surface area contributed by atoms with Crippen molar-refractivity contribution >= 4 is 29.0 Å². The number of aromatic nitrogens is 2. The molecule has 0 aliphatic carbocycles. The van der Waals surface area contributed by atoms with E-state index in [0.29, 0.717) is 6.54 Å². The van der Waals surface area contributed by atoms with Crippen LogP contribution < -0.4 is 5.32 Å². The number of nitrogens with one attached hydrogen (secondary N) is 1. The summed E-state index contributed by atoms with van der Waals surface area (Å²) in [5.74, 6) is 0.0383. The van der Waals surface area contributed by atoms with Crippen LogP contribution in [0.4, 0.5) is 0 Å². The summed E-state index contributed by atoms with van der Waals surface area (Å²) >= 11 is 3.11. The fourth-order valence-electron chi connectivity index (χ4n) is 1.41. The lowest BCUT2D eigenvalue weighted by Crippen LogP contribution is -2.30. The number of amides is 1. The molecule has 96 valence electrons. The van der Waals surface area contributed by atoms with Gasteiger partial charge in [0.25, 0.3) is 0 Å². The molecule has 1 amide bonds. The predicted molar refractivity (Wildman–Crippen MR) is 74.7 cm³/mol. The van der Waals surface area contributed by atoms with Crippen LogP contribution in [0.15, 0.2) is 35.1 Å². The van der Waals surface area contributed by atoms with E-state index in [1.165, 1.54) is 11.8 Å². The molecule has 2 heterocycles. The summed E-state index contributed by atoms with van der Waals surface area (Å²) in [6.07, 6.45) is 3.61. The van der Waals surface area contributed by atoms with Crippen molar-refractivity contribution in [3.05, 3.63) is 34.8 Å². The first-order valence-electron chi connectivity index (χ1n) is 5.61. The highest BCUT2D eigenvalue weighted by molar-refractivity contribution is 8.00. The number of aryl methyl sites for hydroxylation is 1. The van der Waals surface area contributed by atoms with Gasteiger partial charge in [0.05, 0.1) is 11.8 Å². The molecule has 0 radical (unpaired) electrons. The van der Waals surface area contributed by atoms with Gasteiger partial charge in [-0.25, -0.2) is 4.98 Å². The molecular weight excluding hydrogens is 266 g/mol. The Kier molecular flexibility index (Phi) is 4.43. The van der Waals surface area contributed by atoms with Crippen molar-refractivity contribution in [1.82, 2.24) is 14.9 Å². The van der Waals surface area contributed by atoms with Crippen LogP contribution >= 0.6 is 23.1 Å². The van der Waals surface area contributed by atoms with Gasteiger partial charge in [-0.05, 0) is 18.4 Å². The Bertz CT molecular complexity index is 507. The Balaban J connectivity index is 1.83.